The van der Waals surface area contributed by atoms with Gasteiger partial charge in [0.15, 0.2) is 11.6 Å². The molecule has 2 aromatic rings. The van der Waals surface area contributed by atoms with E-state index in [1.165, 1.54) is 10.9 Å². The first-order valence-corrected chi connectivity index (χ1v) is 6.17. The minimum Gasteiger partial charge on any atom is -0.294 e. The molecule has 0 aliphatic heterocycles. The lowest BCUT2D eigenvalue weighted by Gasteiger charge is -2.01. The highest BCUT2D eigenvalue weighted by Crippen LogP contribution is 2.18. The third kappa shape index (κ3) is 2.73. The van der Waals surface area contributed by atoms with Crippen LogP contribution < -0.4 is 0 Å². The Balaban J connectivity index is 2.13. The fourth-order valence-electron chi connectivity index (χ4n) is 1.60. The number of carbonyl (C=O) groups excluding carboxylic acids is 2. The highest BCUT2D eigenvalue weighted by molar-refractivity contribution is 9.10. The van der Waals surface area contributed by atoms with Crippen LogP contribution in [-0.4, -0.2) is 21.3 Å². The van der Waals surface area contributed by atoms with Crippen molar-refractivity contribution < 1.29 is 9.59 Å². The van der Waals surface area contributed by atoms with Crippen molar-refractivity contribution in [1.29, 1.82) is 0 Å². The van der Waals surface area contributed by atoms with Gasteiger partial charge in [0.05, 0.1) is 18.2 Å². The maximum Gasteiger partial charge on any atom is 0.173 e. The summed E-state index contributed by atoms with van der Waals surface area (Å²) in [5.74, 6) is -0.416. The lowest BCUT2D eigenvalue weighted by molar-refractivity contribution is 0.0894. The van der Waals surface area contributed by atoms with Gasteiger partial charge in [-0.1, -0.05) is 34.1 Å². The van der Waals surface area contributed by atoms with Crippen molar-refractivity contribution in [3.05, 3.63) is 52.3 Å². The van der Waals surface area contributed by atoms with Crippen LogP contribution in [0.2, 0.25) is 0 Å². The average Bonchev–Trinajstić information content (AvgIpc) is 2.76. The summed E-state index contributed by atoms with van der Waals surface area (Å²) in [6.45, 7) is 0. The van der Waals surface area contributed by atoms with Crippen LogP contribution in [0.5, 0.6) is 0 Å². The molecule has 0 radical (unpaired) electrons. The molecule has 4 nitrogen and oxygen atoms in total. The summed E-state index contributed by atoms with van der Waals surface area (Å²) in [5.41, 5.74) is 0.979. The predicted octanol–water partition coefficient (Wildman–Crippen LogP) is 2.64. The summed E-state index contributed by atoms with van der Waals surface area (Å²) in [6, 6.07) is 7.07. The zero-order chi connectivity index (χ0) is 13.1. The van der Waals surface area contributed by atoms with E-state index in [4.69, 9.17) is 0 Å². The number of Topliss-reactive ketones (excluding diaryl/α,β-unsaturated/α-hetero) is 2. The van der Waals surface area contributed by atoms with Gasteiger partial charge in [-0.3, -0.25) is 14.3 Å². The zero-order valence-corrected chi connectivity index (χ0v) is 11.3. The number of ketones is 2. The van der Waals surface area contributed by atoms with E-state index in [0.717, 1.165) is 0 Å². The molecule has 0 fully saturated rings. The summed E-state index contributed by atoms with van der Waals surface area (Å²) in [7, 11) is 1.73. The first kappa shape index (κ1) is 12.7. The second-order valence-electron chi connectivity index (χ2n) is 3.91. The molecule has 0 aliphatic carbocycles. The summed E-state index contributed by atoms with van der Waals surface area (Å²) >= 11 is 3.30. The quantitative estimate of drug-likeness (QED) is 0.644. The molecule has 0 N–H and O–H groups in total. The van der Waals surface area contributed by atoms with Crippen molar-refractivity contribution in [1.82, 2.24) is 9.78 Å². The fourth-order valence-corrected chi connectivity index (χ4v) is 2.10. The lowest BCUT2D eigenvalue weighted by atomic mass is 10.0. The molecule has 1 aromatic heterocycles. The van der Waals surface area contributed by atoms with Crippen LogP contribution in [0.1, 0.15) is 27.1 Å². The van der Waals surface area contributed by atoms with E-state index < -0.39 is 0 Å². The first-order valence-electron chi connectivity index (χ1n) is 5.37. The Morgan fingerprint density at radius 3 is 2.61 bits per heavy atom. The van der Waals surface area contributed by atoms with Crippen molar-refractivity contribution in [2.75, 3.05) is 0 Å². The van der Waals surface area contributed by atoms with E-state index in [1.807, 2.05) is 6.07 Å². The number of nitrogens with zero attached hydrogens (tertiary/aromatic N) is 2. The number of halogens is 1. The predicted molar refractivity (Wildman–Crippen MR) is 70.6 cm³/mol. The maximum atomic E-state index is 12.0. The minimum absolute atomic E-state index is 0.145. The summed E-state index contributed by atoms with van der Waals surface area (Å²) in [6.07, 6.45) is 2.93. The molecule has 18 heavy (non-hydrogen) atoms. The maximum absolute atomic E-state index is 12.0. The molecule has 0 saturated carbocycles. The lowest BCUT2D eigenvalue weighted by Crippen LogP contribution is -2.08. The highest BCUT2D eigenvalue weighted by Gasteiger charge is 2.16. The molecule has 2 rings (SSSR count). The van der Waals surface area contributed by atoms with Gasteiger partial charge in [-0.05, 0) is 6.07 Å². The van der Waals surface area contributed by atoms with Crippen molar-refractivity contribution in [2.24, 2.45) is 7.05 Å². The van der Waals surface area contributed by atoms with Crippen LogP contribution in [0.4, 0.5) is 0 Å². The van der Waals surface area contributed by atoms with Crippen LogP contribution in [0.15, 0.2) is 41.1 Å². The van der Waals surface area contributed by atoms with Gasteiger partial charge in [-0.2, -0.15) is 5.10 Å². The number of hydrogen-bond donors (Lipinski definition) is 0. The fraction of sp³-hybridized carbons (Fsp3) is 0.154. The Bertz CT molecular complexity index is 605. The van der Waals surface area contributed by atoms with Gasteiger partial charge in [-0.25, -0.2) is 0 Å². The van der Waals surface area contributed by atoms with Crippen molar-refractivity contribution in [3.8, 4) is 0 Å². The molecule has 0 unspecified atom stereocenters. The third-order valence-electron chi connectivity index (χ3n) is 2.52. The van der Waals surface area contributed by atoms with Crippen LogP contribution >= 0.6 is 15.9 Å². The molecule has 1 aromatic carbocycles. The smallest absolute Gasteiger partial charge is 0.173 e. The molecular formula is C13H11BrN2O2. The Labute approximate surface area is 113 Å². The first-order chi connectivity index (χ1) is 8.58. The van der Waals surface area contributed by atoms with Gasteiger partial charge in [-0.15, -0.1) is 0 Å². The van der Waals surface area contributed by atoms with Crippen LogP contribution in [-0.2, 0) is 7.05 Å². The van der Waals surface area contributed by atoms with Gasteiger partial charge in [0.2, 0.25) is 0 Å². The molecule has 5 heteroatoms. The molecular weight excluding hydrogens is 296 g/mol. The van der Waals surface area contributed by atoms with Gasteiger partial charge < -0.3 is 0 Å². The zero-order valence-electron chi connectivity index (χ0n) is 9.76. The monoisotopic (exact) mass is 306 g/mol. The van der Waals surface area contributed by atoms with Crippen LogP contribution in [0, 0.1) is 0 Å². The largest absolute Gasteiger partial charge is 0.294 e. The Hall–Kier alpha value is -1.75. The third-order valence-corrected chi connectivity index (χ3v) is 3.21. The van der Waals surface area contributed by atoms with Gasteiger partial charge in [0.1, 0.15) is 0 Å². The van der Waals surface area contributed by atoms with Gasteiger partial charge in [0, 0.05) is 23.3 Å². The van der Waals surface area contributed by atoms with E-state index in [1.54, 1.807) is 31.4 Å². The molecule has 0 bridgehead atoms. The number of aromatic nitrogens is 2. The van der Waals surface area contributed by atoms with Crippen LogP contribution in [0.3, 0.4) is 0 Å². The van der Waals surface area contributed by atoms with Gasteiger partial charge >= 0.3 is 0 Å². The van der Waals surface area contributed by atoms with E-state index in [9.17, 15) is 9.59 Å². The van der Waals surface area contributed by atoms with E-state index >= 15 is 0 Å². The van der Waals surface area contributed by atoms with E-state index in [0.29, 0.717) is 15.6 Å². The standard InChI is InChI=1S/C13H11BrN2O2/c1-16-8-9(7-15-16)12(17)6-13(18)10-4-2-3-5-11(10)14/h2-5,7-8H,6H2,1H3. The van der Waals surface area contributed by atoms with E-state index in [2.05, 4.69) is 21.0 Å². The summed E-state index contributed by atoms with van der Waals surface area (Å²) in [5, 5.41) is 3.91. The molecule has 0 aliphatic rings. The Kier molecular flexibility index (Phi) is 3.72. The molecule has 0 atom stereocenters. The van der Waals surface area contributed by atoms with Crippen molar-refractivity contribution in [3.63, 3.8) is 0 Å². The average molecular weight is 307 g/mol. The Morgan fingerprint density at radius 1 is 1.28 bits per heavy atom. The normalized spacial score (nSPS) is 10.3. The number of aryl methyl sites for hydroxylation is 1. The van der Waals surface area contributed by atoms with Crippen molar-refractivity contribution >= 4 is 27.5 Å². The summed E-state index contributed by atoms with van der Waals surface area (Å²) < 4.78 is 2.24. The number of carbonyl (C=O) groups is 2. The van der Waals surface area contributed by atoms with E-state index in [-0.39, 0.29) is 18.0 Å². The highest BCUT2D eigenvalue weighted by atomic mass is 79.9. The van der Waals surface area contributed by atoms with Crippen LogP contribution in [0.25, 0.3) is 0 Å². The number of benzene rings is 1. The SMILES string of the molecule is Cn1cc(C(=O)CC(=O)c2ccccc2Br)cn1. The minimum atomic E-state index is -0.219. The molecule has 0 saturated heterocycles. The second-order valence-corrected chi connectivity index (χ2v) is 4.76. The molecule has 0 amide bonds. The second kappa shape index (κ2) is 5.27. The molecule has 1 heterocycles. The topological polar surface area (TPSA) is 52.0 Å². The van der Waals surface area contributed by atoms with Gasteiger partial charge in [0.25, 0.3) is 0 Å². The molecule has 92 valence electrons. The number of hydrogen-bond acceptors (Lipinski definition) is 3. The summed E-state index contributed by atoms with van der Waals surface area (Å²) in [4.78, 5) is 23.8. The van der Waals surface area contributed by atoms with Crippen molar-refractivity contribution in [2.45, 2.75) is 6.42 Å². The Morgan fingerprint density at radius 2 is 2.00 bits per heavy atom. The molecule has 0 spiro atoms. The number of rotatable bonds is 4.